The number of carbonyl (C=O) groups excluding carboxylic acids is 1. The highest BCUT2D eigenvalue weighted by atomic mass is 16.1. The minimum absolute atomic E-state index is 0.120. The molecule has 2 atom stereocenters. The highest BCUT2D eigenvalue weighted by Gasteiger charge is 2.26. The average Bonchev–Trinajstić information content (AvgIpc) is 1.98. The van der Waals surface area contributed by atoms with Crippen LogP contribution in [0.4, 0.5) is 0 Å². The van der Waals surface area contributed by atoms with Gasteiger partial charge in [-0.25, -0.2) is 0 Å². The van der Waals surface area contributed by atoms with Crippen LogP contribution in [0.2, 0.25) is 0 Å². The Bertz CT molecular complexity index is 111. The number of ketones is 1. The topological polar surface area (TPSA) is 29.1 Å². The van der Waals surface area contributed by atoms with Crippen LogP contribution in [-0.4, -0.2) is 18.4 Å². The maximum absolute atomic E-state index is 10.7. The lowest BCUT2D eigenvalue weighted by Crippen LogP contribution is -2.21. The van der Waals surface area contributed by atoms with Crippen LogP contribution < -0.4 is 5.32 Å². The zero-order chi connectivity index (χ0) is 6.15. The van der Waals surface area contributed by atoms with E-state index in [1.165, 1.54) is 0 Å². The van der Waals surface area contributed by atoms with E-state index in [4.69, 9.17) is 0 Å². The first kappa shape index (κ1) is 5.76. The third-order valence-electron chi connectivity index (χ3n) is 1.65. The zero-order valence-corrected chi connectivity index (χ0v) is 4.98. The maximum atomic E-state index is 10.7. The molecule has 0 saturated carbocycles. The van der Waals surface area contributed by atoms with E-state index < -0.39 is 0 Å². The van der Waals surface area contributed by atoms with Crippen LogP contribution in [0, 0.1) is 12.8 Å². The van der Waals surface area contributed by atoms with Gasteiger partial charge in [-0.15, -0.1) is 0 Å². The van der Waals surface area contributed by atoms with Crippen molar-refractivity contribution in [2.75, 3.05) is 6.54 Å². The van der Waals surface area contributed by atoms with E-state index in [-0.39, 0.29) is 17.7 Å². The molecule has 0 aromatic carbocycles. The Labute approximate surface area is 49.3 Å². The second-order valence-corrected chi connectivity index (χ2v) is 2.24. The number of hydrogen-bond donors (Lipinski definition) is 1. The second kappa shape index (κ2) is 1.86. The molecule has 45 valence electrons. The smallest absolute Gasteiger partial charge is 0.150 e. The number of nitrogens with one attached hydrogen (secondary N) is 1. The normalized spacial score (nSPS) is 38.5. The molecule has 0 amide bonds. The predicted octanol–water partition coefficient (Wildman–Crippen LogP) is -0.00251. The Morgan fingerprint density at radius 1 is 1.88 bits per heavy atom. The second-order valence-electron chi connectivity index (χ2n) is 2.24. The number of Topliss-reactive ketones (excluding diaryl/α,β-unsaturated/α-hetero) is 1. The molecule has 8 heavy (non-hydrogen) atoms. The van der Waals surface area contributed by atoms with Gasteiger partial charge in [0.1, 0.15) is 0 Å². The van der Waals surface area contributed by atoms with Gasteiger partial charge < -0.3 is 5.32 Å². The van der Waals surface area contributed by atoms with Gasteiger partial charge in [-0.1, -0.05) is 6.92 Å². The molecule has 2 nitrogen and oxygen atoms in total. The SMILES string of the molecule is [CH2][C@@H]1NCC(=O)C1C. The van der Waals surface area contributed by atoms with Gasteiger partial charge >= 0.3 is 0 Å². The lowest BCUT2D eigenvalue weighted by Gasteiger charge is -2.03. The summed E-state index contributed by atoms with van der Waals surface area (Å²) in [6.07, 6.45) is 0. The van der Waals surface area contributed by atoms with Crippen molar-refractivity contribution in [3.63, 3.8) is 0 Å². The Morgan fingerprint density at radius 2 is 2.50 bits per heavy atom. The Balaban J connectivity index is 2.56. The van der Waals surface area contributed by atoms with Gasteiger partial charge in [-0.05, 0) is 6.92 Å². The summed E-state index contributed by atoms with van der Waals surface area (Å²) in [7, 11) is 0. The van der Waals surface area contributed by atoms with Crippen molar-refractivity contribution < 1.29 is 4.79 Å². The monoisotopic (exact) mass is 112 g/mol. The molecule has 2 heteroatoms. The molecule has 1 heterocycles. The quantitative estimate of drug-likeness (QED) is 0.478. The molecular weight excluding hydrogens is 102 g/mol. The van der Waals surface area contributed by atoms with E-state index in [0.29, 0.717) is 6.54 Å². The minimum Gasteiger partial charge on any atom is -0.306 e. The fraction of sp³-hybridized carbons (Fsp3) is 0.667. The molecule has 1 N–H and O–H groups in total. The van der Waals surface area contributed by atoms with E-state index in [2.05, 4.69) is 12.2 Å². The maximum Gasteiger partial charge on any atom is 0.150 e. The molecule has 0 spiro atoms. The first-order valence-corrected chi connectivity index (χ1v) is 2.81. The number of rotatable bonds is 0. The lowest BCUT2D eigenvalue weighted by atomic mass is 10.0. The van der Waals surface area contributed by atoms with Crippen LogP contribution in [0.5, 0.6) is 0 Å². The van der Waals surface area contributed by atoms with Gasteiger partial charge in [0.15, 0.2) is 5.78 Å². The molecule has 0 aliphatic carbocycles. The summed E-state index contributed by atoms with van der Waals surface area (Å²) in [6, 6.07) is 0.141. The third-order valence-corrected chi connectivity index (χ3v) is 1.65. The molecule has 1 fully saturated rings. The van der Waals surface area contributed by atoms with Gasteiger partial charge in [0.05, 0.1) is 6.54 Å². The van der Waals surface area contributed by atoms with E-state index in [0.717, 1.165) is 0 Å². The summed E-state index contributed by atoms with van der Waals surface area (Å²) in [6.45, 7) is 6.15. The van der Waals surface area contributed by atoms with Crippen molar-refractivity contribution in [3.05, 3.63) is 6.92 Å². The molecular formula is C6H10NO. The van der Waals surface area contributed by atoms with E-state index >= 15 is 0 Å². The van der Waals surface area contributed by atoms with E-state index in [9.17, 15) is 4.79 Å². The van der Waals surface area contributed by atoms with Crippen LogP contribution in [0.3, 0.4) is 0 Å². The summed E-state index contributed by atoms with van der Waals surface area (Å²) >= 11 is 0. The summed E-state index contributed by atoms with van der Waals surface area (Å²) in [5, 5.41) is 2.96. The molecule has 1 saturated heterocycles. The third kappa shape index (κ3) is 0.757. The Morgan fingerprint density at radius 3 is 2.62 bits per heavy atom. The first-order chi connectivity index (χ1) is 3.72. The van der Waals surface area contributed by atoms with E-state index in [1.54, 1.807) is 0 Å². The van der Waals surface area contributed by atoms with Crippen LogP contribution >= 0.6 is 0 Å². The standard InChI is InChI=1S/C6H10NO/c1-4-5(2)7-3-6(4)8/h4-5,7H,2-3H2,1H3/t4?,5-/m0/s1. The van der Waals surface area contributed by atoms with Gasteiger partial charge in [0.25, 0.3) is 0 Å². The van der Waals surface area contributed by atoms with Gasteiger partial charge in [0, 0.05) is 12.0 Å². The van der Waals surface area contributed by atoms with Crippen molar-refractivity contribution >= 4 is 5.78 Å². The summed E-state index contributed by atoms with van der Waals surface area (Å²) in [5.41, 5.74) is 0. The summed E-state index contributed by atoms with van der Waals surface area (Å²) in [4.78, 5) is 10.7. The first-order valence-electron chi connectivity index (χ1n) is 2.81. The van der Waals surface area contributed by atoms with Crippen LogP contribution in [-0.2, 0) is 4.79 Å². The lowest BCUT2D eigenvalue weighted by molar-refractivity contribution is -0.119. The molecule has 1 aliphatic rings. The molecule has 1 rings (SSSR count). The highest BCUT2D eigenvalue weighted by Crippen LogP contribution is 2.08. The van der Waals surface area contributed by atoms with Gasteiger partial charge in [0.2, 0.25) is 0 Å². The molecule has 1 aliphatic heterocycles. The fourth-order valence-electron chi connectivity index (χ4n) is 0.794. The molecule has 1 radical (unpaired) electrons. The van der Waals surface area contributed by atoms with Crippen molar-refractivity contribution in [2.24, 2.45) is 5.92 Å². The van der Waals surface area contributed by atoms with Crippen LogP contribution in [0.25, 0.3) is 0 Å². The Kier molecular flexibility index (Phi) is 1.34. The van der Waals surface area contributed by atoms with Crippen molar-refractivity contribution in [2.45, 2.75) is 13.0 Å². The van der Waals surface area contributed by atoms with Gasteiger partial charge in [-0.3, -0.25) is 4.79 Å². The molecule has 1 unspecified atom stereocenters. The zero-order valence-electron chi connectivity index (χ0n) is 4.98. The Hall–Kier alpha value is -0.370. The van der Waals surface area contributed by atoms with Crippen molar-refractivity contribution in [3.8, 4) is 0 Å². The van der Waals surface area contributed by atoms with Crippen molar-refractivity contribution in [1.29, 1.82) is 0 Å². The van der Waals surface area contributed by atoms with E-state index in [1.807, 2.05) is 6.92 Å². The summed E-state index contributed by atoms with van der Waals surface area (Å²) < 4.78 is 0. The van der Waals surface area contributed by atoms with Crippen molar-refractivity contribution in [1.82, 2.24) is 5.32 Å². The van der Waals surface area contributed by atoms with Gasteiger partial charge in [-0.2, -0.15) is 0 Å². The molecule has 0 bridgehead atoms. The minimum atomic E-state index is 0.120. The molecule has 0 aromatic rings. The van der Waals surface area contributed by atoms with Crippen LogP contribution in [0.15, 0.2) is 0 Å². The molecule has 0 aromatic heterocycles. The largest absolute Gasteiger partial charge is 0.306 e. The fourth-order valence-corrected chi connectivity index (χ4v) is 0.794. The average molecular weight is 112 g/mol. The number of hydrogen-bond acceptors (Lipinski definition) is 2. The summed E-state index contributed by atoms with van der Waals surface area (Å²) in [5.74, 6) is 0.403. The highest BCUT2D eigenvalue weighted by molar-refractivity contribution is 5.85. The number of carbonyl (C=O) groups is 1. The predicted molar refractivity (Wildman–Crippen MR) is 31.3 cm³/mol. The van der Waals surface area contributed by atoms with Crippen LogP contribution in [0.1, 0.15) is 6.92 Å².